The van der Waals surface area contributed by atoms with Crippen molar-refractivity contribution in [3.05, 3.63) is 24.0 Å². The third-order valence-electron chi connectivity index (χ3n) is 3.13. The molecular weight excluding hydrogens is 250 g/mol. The summed E-state index contributed by atoms with van der Waals surface area (Å²) in [5.74, 6) is 0.377. The number of piperidine rings is 1. The van der Waals surface area contributed by atoms with Crippen molar-refractivity contribution in [2.75, 3.05) is 23.6 Å². The third-order valence-corrected chi connectivity index (χ3v) is 4.57. The fraction of sp³-hybridized carbons (Fsp3) is 0.583. The third kappa shape index (κ3) is 3.68. The molecule has 0 aromatic carbocycles. The number of aromatic nitrogens is 1. The molecule has 6 heteroatoms. The minimum absolute atomic E-state index is 0.175. The van der Waals surface area contributed by atoms with Crippen LogP contribution in [0.1, 0.15) is 18.5 Å². The lowest BCUT2D eigenvalue weighted by atomic mass is 10.0. The minimum atomic E-state index is -3.29. The van der Waals surface area contributed by atoms with Gasteiger partial charge in [-0.1, -0.05) is 0 Å². The van der Waals surface area contributed by atoms with Gasteiger partial charge < -0.3 is 5.32 Å². The molecule has 2 heterocycles. The van der Waals surface area contributed by atoms with E-state index in [0.29, 0.717) is 11.4 Å². The van der Waals surface area contributed by atoms with Crippen LogP contribution in [0.5, 0.6) is 0 Å². The first-order valence-electron chi connectivity index (χ1n) is 6.20. The zero-order valence-electron chi connectivity index (χ0n) is 10.5. The van der Waals surface area contributed by atoms with Gasteiger partial charge in [0.2, 0.25) is 10.0 Å². The van der Waals surface area contributed by atoms with E-state index in [1.807, 2.05) is 0 Å². The van der Waals surface area contributed by atoms with E-state index in [0.717, 1.165) is 25.9 Å². The first-order chi connectivity index (χ1) is 8.57. The Morgan fingerprint density at radius 3 is 3.06 bits per heavy atom. The zero-order chi connectivity index (χ0) is 13.0. The van der Waals surface area contributed by atoms with Crippen LogP contribution in [0.4, 0.5) is 5.69 Å². The van der Waals surface area contributed by atoms with Crippen LogP contribution < -0.4 is 10.0 Å². The molecule has 1 saturated heterocycles. The van der Waals surface area contributed by atoms with Gasteiger partial charge in [-0.2, -0.15) is 0 Å². The topological polar surface area (TPSA) is 71.1 Å². The Labute approximate surface area is 108 Å². The second-order valence-corrected chi connectivity index (χ2v) is 6.50. The summed E-state index contributed by atoms with van der Waals surface area (Å²) in [4.78, 5) is 4.07. The average Bonchev–Trinajstić information content (AvgIpc) is 2.32. The summed E-state index contributed by atoms with van der Waals surface area (Å²) in [6.45, 7) is 3.57. The highest BCUT2D eigenvalue weighted by molar-refractivity contribution is 7.92. The predicted octanol–water partition coefficient (Wildman–Crippen LogP) is 1.13. The molecule has 2 N–H and O–H groups in total. The Bertz CT molecular complexity index is 496. The van der Waals surface area contributed by atoms with Crippen molar-refractivity contribution in [3.63, 3.8) is 0 Å². The summed E-state index contributed by atoms with van der Waals surface area (Å²) in [5.41, 5.74) is 1.27. The maximum atomic E-state index is 12.1. The van der Waals surface area contributed by atoms with Crippen LogP contribution in [0.2, 0.25) is 0 Å². The molecule has 1 aromatic rings. The van der Waals surface area contributed by atoms with E-state index in [4.69, 9.17) is 0 Å². The SMILES string of the molecule is Cc1ncccc1NS(=O)(=O)CC1CCCNC1. The maximum absolute atomic E-state index is 12.1. The van der Waals surface area contributed by atoms with E-state index in [9.17, 15) is 8.42 Å². The van der Waals surface area contributed by atoms with Crippen molar-refractivity contribution in [2.24, 2.45) is 5.92 Å². The second kappa shape index (κ2) is 5.67. The van der Waals surface area contributed by atoms with Gasteiger partial charge in [-0.05, 0) is 50.9 Å². The highest BCUT2D eigenvalue weighted by Crippen LogP contribution is 2.16. The predicted molar refractivity (Wildman–Crippen MR) is 72.0 cm³/mol. The van der Waals surface area contributed by atoms with E-state index in [1.54, 1.807) is 25.3 Å². The normalized spacial score (nSPS) is 20.6. The summed E-state index contributed by atoms with van der Waals surface area (Å²) in [6, 6.07) is 3.46. The number of anilines is 1. The average molecular weight is 269 g/mol. The van der Waals surface area contributed by atoms with E-state index in [-0.39, 0.29) is 11.7 Å². The van der Waals surface area contributed by atoms with Gasteiger partial charge in [0, 0.05) is 6.20 Å². The molecular formula is C12H19N3O2S. The quantitative estimate of drug-likeness (QED) is 0.859. The van der Waals surface area contributed by atoms with Crippen molar-refractivity contribution in [2.45, 2.75) is 19.8 Å². The second-order valence-electron chi connectivity index (χ2n) is 4.73. The summed E-state index contributed by atoms with van der Waals surface area (Å²) in [6.07, 6.45) is 3.67. The molecule has 100 valence electrons. The molecule has 0 radical (unpaired) electrons. The molecule has 1 aromatic heterocycles. The summed E-state index contributed by atoms with van der Waals surface area (Å²) in [7, 11) is -3.29. The molecule has 1 fully saturated rings. The Morgan fingerprint density at radius 1 is 1.56 bits per heavy atom. The van der Waals surface area contributed by atoms with E-state index in [2.05, 4.69) is 15.0 Å². The molecule has 18 heavy (non-hydrogen) atoms. The van der Waals surface area contributed by atoms with Gasteiger partial charge in [-0.15, -0.1) is 0 Å². The number of rotatable bonds is 4. The Balaban J connectivity index is 2.01. The fourth-order valence-corrected chi connectivity index (χ4v) is 3.72. The molecule has 1 aliphatic heterocycles. The largest absolute Gasteiger partial charge is 0.316 e. The highest BCUT2D eigenvalue weighted by Gasteiger charge is 2.21. The number of pyridine rings is 1. The minimum Gasteiger partial charge on any atom is -0.316 e. The van der Waals surface area contributed by atoms with E-state index < -0.39 is 10.0 Å². The van der Waals surface area contributed by atoms with Crippen LogP contribution in [-0.4, -0.2) is 32.2 Å². The molecule has 0 spiro atoms. The van der Waals surface area contributed by atoms with Crippen LogP contribution in [0.15, 0.2) is 18.3 Å². The smallest absolute Gasteiger partial charge is 0.233 e. The van der Waals surface area contributed by atoms with Crippen LogP contribution >= 0.6 is 0 Å². The molecule has 0 bridgehead atoms. The lowest BCUT2D eigenvalue weighted by Crippen LogP contribution is -2.35. The molecule has 0 aliphatic carbocycles. The zero-order valence-corrected chi connectivity index (χ0v) is 11.3. The number of sulfonamides is 1. The molecule has 5 nitrogen and oxygen atoms in total. The lowest BCUT2D eigenvalue weighted by Gasteiger charge is -2.22. The Hall–Kier alpha value is -1.14. The van der Waals surface area contributed by atoms with Gasteiger partial charge in [-0.3, -0.25) is 9.71 Å². The molecule has 1 atom stereocenters. The van der Waals surface area contributed by atoms with Crippen LogP contribution in [0.25, 0.3) is 0 Å². The summed E-state index contributed by atoms with van der Waals surface area (Å²) < 4.78 is 26.7. The first kappa shape index (κ1) is 13.3. The van der Waals surface area contributed by atoms with Crippen molar-refractivity contribution in [3.8, 4) is 0 Å². The van der Waals surface area contributed by atoms with E-state index in [1.165, 1.54) is 0 Å². The van der Waals surface area contributed by atoms with Gasteiger partial charge in [0.25, 0.3) is 0 Å². The van der Waals surface area contributed by atoms with Crippen LogP contribution in [0.3, 0.4) is 0 Å². The lowest BCUT2D eigenvalue weighted by molar-refractivity contribution is 0.404. The maximum Gasteiger partial charge on any atom is 0.233 e. The first-order valence-corrected chi connectivity index (χ1v) is 7.85. The number of nitrogens with one attached hydrogen (secondary N) is 2. The standard InChI is InChI=1S/C12H19N3O2S/c1-10-12(5-3-7-14-10)15-18(16,17)9-11-4-2-6-13-8-11/h3,5,7,11,13,15H,2,4,6,8-9H2,1H3. The van der Waals surface area contributed by atoms with Crippen molar-refractivity contribution in [1.82, 2.24) is 10.3 Å². The molecule has 0 amide bonds. The molecule has 2 rings (SSSR count). The monoisotopic (exact) mass is 269 g/mol. The fourth-order valence-electron chi connectivity index (χ4n) is 2.18. The van der Waals surface area contributed by atoms with Gasteiger partial charge in [0.05, 0.1) is 17.1 Å². The molecule has 1 unspecified atom stereocenters. The van der Waals surface area contributed by atoms with Gasteiger partial charge in [0.15, 0.2) is 0 Å². The van der Waals surface area contributed by atoms with Crippen molar-refractivity contribution < 1.29 is 8.42 Å². The number of nitrogens with zero attached hydrogens (tertiary/aromatic N) is 1. The van der Waals surface area contributed by atoms with Crippen molar-refractivity contribution in [1.29, 1.82) is 0 Å². The van der Waals surface area contributed by atoms with Gasteiger partial charge in [0.1, 0.15) is 0 Å². The van der Waals surface area contributed by atoms with Crippen LogP contribution in [0, 0.1) is 12.8 Å². The molecule has 1 aliphatic rings. The Morgan fingerprint density at radius 2 is 2.39 bits per heavy atom. The summed E-state index contributed by atoms with van der Waals surface area (Å²) in [5, 5.41) is 3.23. The van der Waals surface area contributed by atoms with Crippen molar-refractivity contribution >= 4 is 15.7 Å². The van der Waals surface area contributed by atoms with Gasteiger partial charge >= 0.3 is 0 Å². The summed E-state index contributed by atoms with van der Waals surface area (Å²) >= 11 is 0. The number of aryl methyl sites for hydroxylation is 1. The molecule has 0 saturated carbocycles. The Kier molecular flexibility index (Phi) is 4.19. The number of hydrogen-bond donors (Lipinski definition) is 2. The number of hydrogen-bond acceptors (Lipinski definition) is 4. The highest BCUT2D eigenvalue weighted by atomic mass is 32.2. The van der Waals surface area contributed by atoms with Gasteiger partial charge in [-0.25, -0.2) is 8.42 Å². The van der Waals surface area contributed by atoms with Crippen LogP contribution in [-0.2, 0) is 10.0 Å². The van der Waals surface area contributed by atoms with E-state index >= 15 is 0 Å².